The third-order valence-corrected chi connectivity index (χ3v) is 4.56. The molecule has 1 aromatic heterocycles. The molecule has 0 bridgehead atoms. The minimum Gasteiger partial charge on any atom is -0.454 e. The summed E-state index contributed by atoms with van der Waals surface area (Å²) in [5, 5.41) is 3.23. The largest absolute Gasteiger partial charge is 0.454 e. The third-order valence-electron chi connectivity index (χ3n) is 4.56. The van der Waals surface area contributed by atoms with Gasteiger partial charge in [0, 0.05) is 28.2 Å². The Morgan fingerprint density at radius 2 is 1.93 bits per heavy atom. The topological polar surface area (TPSA) is 107 Å². The summed E-state index contributed by atoms with van der Waals surface area (Å²) in [6, 6.07) is 12.1. The van der Waals surface area contributed by atoms with Crippen LogP contribution in [0.25, 0.3) is 10.9 Å². The highest BCUT2D eigenvalue weighted by Crippen LogP contribution is 2.32. The van der Waals surface area contributed by atoms with E-state index in [1.807, 2.05) is 24.3 Å². The van der Waals surface area contributed by atoms with Gasteiger partial charge in [-0.1, -0.05) is 18.2 Å². The predicted molar refractivity (Wildman–Crippen MR) is 103 cm³/mol. The Morgan fingerprint density at radius 1 is 1.14 bits per heavy atom. The summed E-state index contributed by atoms with van der Waals surface area (Å²) in [5.41, 5.74) is 1.60. The Hall–Kier alpha value is -3.81. The smallest absolute Gasteiger partial charge is 0.326 e. The molecule has 2 heterocycles. The average molecular weight is 394 g/mol. The van der Waals surface area contributed by atoms with Crippen LogP contribution in [0.2, 0.25) is 0 Å². The van der Waals surface area contributed by atoms with Gasteiger partial charge in [-0.3, -0.25) is 14.4 Å². The molecule has 29 heavy (non-hydrogen) atoms. The van der Waals surface area contributed by atoms with Gasteiger partial charge in [0.15, 0.2) is 17.6 Å². The van der Waals surface area contributed by atoms with Crippen molar-refractivity contribution < 1.29 is 28.6 Å². The third kappa shape index (κ3) is 3.77. The standard InChI is InChI=1S/C21H18N2O6/c1-12(20(25)15-9-22-16-5-3-2-4-14(15)16)29-19(24)10-23-21(26)13-6-7-17-18(8-13)28-11-27-17/h2-9,12,22H,10-11H2,1H3,(H,23,26)/t12-/m0/s1. The molecule has 8 heteroatoms. The van der Waals surface area contributed by atoms with Gasteiger partial charge in [-0.15, -0.1) is 0 Å². The molecule has 8 nitrogen and oxygen atoms in total. The molecule has 0 spiro atoms. The number of nitrogens with one attached hydrogen (secondary N) is 2. The number of hydrogen-bond donors (Lipinski definition) is 2. The summed E-state index contributed by atoms with van der Waals surface area (Å²) in [6.45, 7) is 1.25. The highest BCUT2D eigenvalue weighted by molar-refractivity contribution is 6.10. The van der Waals surface area contributed by atoms with Gasteiger partial charge < -0.3 is 24.5 Å². The van der Waals surface area contributed by atoms with Gasteiger partial charge in [-0.05, 0) is 31.2 Å². The lowest BCUT2D eigenvalue weighted by molar-refractivity contribution is -0.145. The zero-order valence-corrected chi connectivity index (χ0v) is 15.6. The number of ketones is 1. The highest BCUT2D eigenvalue weighted by atomic mass is 16.7. The molecule has 0 saturated carbocycles. The molecule has 0 aliphatic carbocycles. The number of fused-ring (bicyclic) bond motifs is 2. The van der Waals surface area contributed by atoms with Crippen molar-refractivity contribution >= 4 is 28.6 Å². The Balaban J connectivity index is 1.33. The van der Waals surface area contributed by atoms with Crippen molar-refractivity contribution in [1.29, 1.82) is 0 Å². The molecule has 1 atom stereocenters. The van der Waals surface area contributed by atoms with Crippen LogP contribution in [-0.4, -0.2) is 42.1 Å². The van der Waals surface area contributed by atoms with E-state index < -0.39 is 18.0 Å². The second-order valence-corrected chi connectivity index (χ2v) is 6.49. The molecular weight excluding hydrogens is 376 g/mol. The van der Waals surface area contributed by atoms with Crippen molar-refractivity contribution in [3.05, 3.63) is 59.8 Å². The lowest BCUT2D eigenvalue weighted by atomic mass is 10.1. The van der Waals surface area contributed by atoms with E-state index in [-0.39, 0.29) is 19.1 Å². The molecule has 0 radical (unpaired) electrons. The number of hydrogen-bond acceptors (Lipinski definition) is 6. The Kier molecular flexibility index (Phi) is 4.90. The fourth-order valence-corrected chi connectivity index (χ4v) is 3.08. The fourth-order valence-electron chi connectivity index (χ4n) is 3.08. The molecule has 1 aliphatic rings. The van der Waals surface area contributed by atoms with Gasteiger partial charge in [-0.2, -0.15) is 0 Å². The number of rotatable bonds is 6. The number of benzene rings is 2. The number of carbonyl (C=O) groups is 3. The summed E-state index contributed by atoms with van der Waals surface area (Å²) in [5.74, 6) is -0.461. The molecule has 0 saturated heterocycles. The number of Topliss-reactive ketones (excluding diaryl/α,β-unsaturated/α-hetero) is 1. The van der Waals surface area contributed by atoms with Crippen molar-refractivity contribution in [2.75, 3.05) is 13.3 Å². The van der Waals surface area contributed by atoms with Gasteiger partial charge in [0.1, 0.15) is 6.54 Å². The number of ether oxygens (including phenoxy) is 3. The monoisotopic (exact) mass is 394 g/mol. The summed E-state index contributed by atoms with van der Waals surface area (Å²) in [4.78, 5) is 39.9. The van der Waals surface area contributed by atoms with Crippen molar-refractivity contribution in [3.8, 4) is 11.5 Å². The van der Waals surface area contributed by atoms with Gasteiger partial charge in [0.25, 0.3) is 5.91 Å². The zero-order chi connectivity index (χ0) is 20.4. The van der Waals surface area contributed by atoms with Gasteiger partial charge in [-0.25, -0.2) is 0 Å². The van der Waals surface area contributed by atoms with E-state index in [0.717, 1.165) is 10.9 Å². The molecule has 2 aromatic carbocycles. The lowest BCUT2D eigenvalue weighted by Crippen LogP contribution is -2.34. The van der Waals surface area contributed by atoms with Crippen LogP contribution in [0.5, 0.6) is 11.5 Å². The summed E-state index contributed by atoms with van der Waals surface area (Å²) in [6.07, 6.45) is 0.614. The van der Waals surface area contributed by atoms with E-state index >= 15 is 0 Å². The van der Waals surface area contributed by atoms with Gasteiger partial charge in [0.05, 0.1) is 0 Å². The maximum absolute atomic E-state index is 12.6. The number of amides is 1. The molecule has 1 aliphatic heterocycles. The SMILES string of the molecule is C[C@H](OC(=O)CNC(=O)c1ccc2c(c1)OCO2)C(=O)c1c[nH]c2ccccc12. The van der Waals surface area contributed by atoms with Crippen molar-refractivity contribution in [3.63, 3.8) is 0 Å². The number of aromatic amines is 1. The van der Waals surface area contributed by atoms with E-state index in [2.05, 4.69) is 10.3 Å². The van der Waals surface area contributed by atoms with Crippen LogP contribution in [0.15, 0.2) is 48.7 Å². The van der Waals surface area contributed by atoms with E-state index in [9.17, 15) is 14.4 Å². The average Bonchev–Trinajstić information content (AvgIpc) is 3.37. The molecule has 2 N–H and O–H groups in total. The lowest BCUT2D eigenvalue weighted by Gasteiger charge is -2.12. The summed E-state index contributed by atoms with van der Waals surface area (Å²) < 4.78 is 15.6. The first-order valence-electron chi connectivity index (χ1n) is 9.00. The Morgan fingerprint density at radius 3 is 2.79 bits per heavy atom. The molecule has 4 rings (SSSR count). The molecule has 3 aromatic rings. The van der Waals surface area contributed by atoms with Crippen LogP contribution in [0.4, 0.5) is 0 Å². The molecule has 0 fully saturated rings. The van der Waals surface area contributed by atoms with Crippen LogP contribution in [-0.2, 0) is 9.53 Å². The fraction of sp³-hybridized carbons (Fsp3) is 0.190. The van der Waals surface area contributed by atoms with Crippen LogP contribution in [0, 0.1) is 0 Å². The molecule has 0 unspecified atom stereocenters. The van der Waals surface area contributed by atoms with E-state index in [1.54, 1.807) is 18.3 Å². The first kappa shape index (κ1) is 18.5. The predicted octanol–water partition coefficient (Wildman–Crippen LogP) is 2.44. The number of carbonyl (C=O) groups excluding carboxylic acids is 3. The van der Waals surface area contributed by atoms with Crippen LogP contribution in [0.3, 0.4) is 0 Å². The van der Waals surface area contributed by atoms with Crippen molar-refractivity contribution in [1.82, 2.24) is 10.3 Å². The second kappa shape index (κ2) is 7.67. The van der Waals surface area contributed by atoms with E-state index in [0.29, 0.717) is 22.6 Å². The number of aromatic nitrogens is 1. The minimum atomic E-state index is -0.982. The maximum Gasteiger partial charge on any atom is 0.326 e. The summed E-state index contributed by atoms with van der Waals surface area (Å²) in [7, 11) is 0. The van der Waals surface area contributed by atoms with Gasteiger partial charge >= 0.3 is 5.97 Å². The zero-order valence-electron chi connectivity index (χ0n) is 15.6. The van der Waals surface area contributed by atoms with Crippen molar-refractivity contribution in [2.24, 2.45) is 0 Å². The van der Waals surface area contributed by atoms with Crippen LogP contribution >= 0.6 is 0 Å². The number of para-hydroxylation sites is 1. The quantitative estimate of drug-likeness (QED) is 0.491. The Labute approximate surface area is 165 Å². The molecule has 1 amide bonds. The number of H-pyrrole nitrogens is 1. The first-order valence-corrected chi connectivity index (χ1v) is 9.00. The van der Waals surface area contributed by atoms with Gasteiger partial charge in [0.2, 0.25) is 12.6 Å². The molecular formula is C21H18N2O6. The second-order valence-electron chi connectivity index (χ2n) is 6.49. The maximum atomic E-state index is 12.6. The highest BCUT2D eigenvalue weighted by Gasteiger charge is 2.23. The van der Waals surface area contributed by atoms with E-state index in [4.69, 9.17) is 14.2 Å². The number of esters is 1. The first-order chi connectivity index (χ1) is 14.0. The van der Waals surface area contributed by atoms with Crippen LogP contribution in [0.1, 0.15) is 27.6 Å². The molecule has 148 valence electrons. The minimum absolute atomic E-state index is 0.106. The van der Waals surface area contributed by atoms with Crippen LogP contribution < -0.4 is 14.8 Å². The van der Waals surface area contributed by atoms with E-state index in [1.165, 1.54) is 13.0 Å². The summed E-state index contributed by atoms with van der Waals surface area (Å²) >= 11 is 0. The normalized spacial score (nSPS) is 13.1. The Bertz CT molecular complexity index is 1100. The van der Waals surface area contributed by atoms with Crippen molar-refractivity contribution in [2.45, 2.75) is 13.0 Å².